The first-order valence-electron chi connectivity index (χ1n) is 7.64. The summed E-state index contributed by atoms with van der Waals surface area (Å²) in [6, 6.07) is 9.22. The lowest BCUT2D eigenvalue weighted by atomic mass is 9.98. The molecule has 0 saturated carbocycles. The van der Waals surface area contributed by atoms with Gasteiger partial charge in [0.1, 0.15) is 0 Å². The van der Waals surface area contributed by atoms with Crippen molar-refractivity contribution in [1.29, 1.82) is 0 Å². The maximum Gasteiger partial charge on any atom is 0.243 e. The van der Waals surface area contributed by atoms with E-state index in [9.17, 15) is 0 Å². The molecule has 1 aromatic carbocycles. The Morgan fingerprint density at radius 3 is 2.76 bits per heavy atom. The summed E-state index contributed by atoms with van der Waals surface area (Å²) in [6.07, 6.45) is 2.16. The monoisotopic (exact) mass is 285 g/mol. The lowest BCUT2D eigenvalue weighted by Crippen LogP contribution is -2.24. The van der Waals surface area contributed by atoms with Crippen molar-refractivity contribution in [2.75, 3.05) is 24.2 Å². The van der Waals surface area contributed by atoms with Crippen molar-refractivity contribution < 1.29 is 0 Å². The van der Waals surface area contributed by atoms with E-state index in [0.29, 0.717) is 11.9 Å². The van der Waals surface area contributed by atoms with Gasteiger partial charge in [0.25, 0.3) is 0 Å². The number of anilines is 2. The summed E-state index contributed by atoms with van der Waals surface area (Å²) < 4.78 is 1.99. The molecule has 2 aromatic rings. The molecule has 1 aromatic heterocycles. The van der Waals surface area contributed by atoms with E-state index >= 15 is 0 Å². The second kappa shape index (κ2) is 5.76. The standard InChI is InChI=1S/C16H23N5/c1-11(2)10-12-4-6-13(7-5-12)14-8-9-18-16-19-15(17-3)20-21(14)16/h4-7,11,14H,8-10H2,1-3H3,(H2,17,18,19,20). The van der Waals surface area contributed by atoms with Crippen molar-refractivity contribution >= 4 is 11.9 Å². The molecule has 0 aliphatic carbocycles. The maximum absolute atomic E-state index is 4.53. The number of hydrogen-bond acceptors (Lipinski definition) is 4. The summed E-state index contributed by atoms with van der Waals surface area (Å²) >= 11 is 0. The van der Waals surface area contributed by atoms with Gasteiger partial charge < -0.3 is 10.6 Å². The third-order valence-corrected chi connectivity index (χ3v) is 3.86. The number of nitrogens with zero attached hydrogens (tertiary/aromatic N) is 3. The van der Waals surface area contributed by atoms with Gasteiger partial charge in [0.15, 0.2) is 0 Å². The van der Waals surface area contributed by atoms with Crippen molar-refractivity contribution in [1.82, 2.24) is 14.8 Å². The minimum Gasteiger partial charge on any atom is -0.356 e. The third kappa shape index (κ3) is 2.86. The molecule has 21 heavy (non-hydrogen) atoms. The molecular formula is C16H23N5. The first kappa shape index (κ1) is 13.9. The van der Waals surface area contributed by atoms with E-state index in [1.807, 2.05) is 11.7 Å². The van der Waals surface area contributed by atoms with E-state index in [2.05, 4.69) is 58.8 Å². The normalized spacial score (nSPS) is 17.4. The van der Waals surface area contributed by atoms with Crippen LogP contribution in [0.5, 0.6) is 0 Å². The Hall–Kier alpha value is -2.04. The summed E-state index contributed by atoms with van der Waals surface area (Å²) in [5.74, 6) is 2.21. The van der Waals surface area contributed by atoms with Crippen LogP contribution in [0.25, 0.3) is 0 Å². The minimum absolute atomic E-state index is 0.268. The van der Waals surface area contributed by atoms with Crippen LogP contribution in [0.4, 0.5) is 11.9 Å². The number of nitrogens with one attached hydrogen (secondary N) is 2. The molecule has 0 spiro atoms. The van der Waals surface area contributed by atoms with Crippen LogP contribution in [-0.2, 0) is 6.42 Å². The van der Waals surface area contributed by atoms with E-state index in [-0.39, 0.29) is 6.04 Å². The first-order valence-corrected chi connectivity index (χ1v) is 7.64. The van der Waals surface area contributed by atoms with Gasteiger partial charge in [0.2, 0.25) is 11.9 Å². The van der Waals surface area contributed by atoms with Crippen LogP contribution in [0.3, 0.4) is 0 Å². The highest BCUT2D eigenvalue weighted by Crippen LogP contribution is 2.29. The lowest BCUT2D eigenvalue weighted by Gasteiger charge is -2.24. The predicted octanol–water partition coefficient (Wildman–Crippen LogP) is 2.92. The molecule has 0 fully saturated rings. The zero-order valence-corrected chi connectivity index (χ0v) is 12.9. The van der Waals surface area contributed by atoms with Gasteiger partial charge in [-0.25, -0.2) is 4.68 Å². The molecule has 5 nitrogen and oxygen atoms in total. The Balaban J connectivity index is 1.86. The smallest absolute Gasteiger partial charge is 0.243 e. The van der Waals surface area contributed by atoms with E-state index < -0.39 is 0 Å². The number of hydrogen-bond donors (Lipinski definition) is 2. The molecular weight excluding hydrogens is 262 g/mol. The molecule has 1 atom stereocenters. The summed E-state index contributed by atoms with van der Waals surface area (Å²) in [6.45, 7) is 5.43. The SMILES string of the molecule is CNc1nc2n(n1)C(c1ccc(CC(C)C)cc1)CCN2. The minimum atomic E-state index is 0.268. The van der Waals surface area contributed by atoms with Crippen LogP contribution in [0.15, 0.2) is 24.3 Å². The van der Waals surface area contributed by atoms with Gasteiger partial charge in [-0.3, -0.25) is 0 Å². The molecule has 112 valence electrons. The van der Waals surface area contributed by atoms with Gasteiger partial charge in [-0.1, -0.05) is 38.1 Å². The third-order valence-electron chi connectivity index (χ3n) is 3.86. The fourth-order valence-corrected chi connectivity index (χ4v) is 2.87. The van der Waals surface area contributed by atoms with E-state index in [1.54, 1.807) is 0 Å². The highest BCUT2D eigenvalue weighted by Gasteiger charge is 2.24. The van der Waals surface area contributed by atoms with Crippen LogP contribution in [0.2, 0.25) is 0 Å². The topological polar surface area (TPSA) is 54.8 Å². The molecule has 1 unspecified atom stereocenters. The maximum atomic E-state index is 4.53. The van der Waals surface area contributed by atoms with Crippen molar-refractivity contribution in [2.24, 2.45) is 5.92 Å². The Morgan fingerprint density at radius 1 is 1.33 bits per heavy atom. The average molecular weight is 285 g/mol. The number of fused-ring (bicyclic) bond motifs is 1. The van der Waals surface area contributed by atoms with Crippen LogP contribution in [0, 0.1) is 5.92 Å². The van der Waals surface area contributed by atoms with Crippen molar-refractivity contribution in [3.63, 3.8) is 0 Å². The van der Waals surface area contributed by atoms with Gasteiger partial charge in [-0.05, 0) is 29.9 Å². The molecule has 1 aliphatic heterocycles. The second-order valence-corrected chi connectivity index (χ2v) is 6.02. The zero-order chi connectivity index (χ0) is 14.8. The molecule has 2 heterocycles. The molecule has 0 bridgehead atoms. The van der Waals surface area contributed by atoms with Crippen LogP contribution in [0.1, 0.15) is 37.4 Å². The average Bonchev–Trinajstić information content (AvgIpc) is 2.90. The van der Waals surface area contributed by atoms with Gasteiger partial charge in [-0.2, -0.15) is 4.98 Å². The summed E-state index contributed by atoms with van der Waals surface area (Å²) in [5.41, 5.74) is 2.70. The fraction of sp³-hybridized carbons (Fsp3) is 0.500. The first-order chi connectivity index (χ1) is 10.2. The summed E-state index contributed by atoms with van der Waals surface area (Å²) in [4.78, 5) is 4.43. The molecule has 0 radical (unpaired) electrons. The Morgan fingerprint density at radius 2 is 2.10 bits per heavy atom. The van der Waals surface area contributed by atoms with Crippen LogP contribution in [-0.4, -0.2) is 28.4 Å². The highest BCUT2D eigenvalue weighted by molar-refractivity contribution is 5.39. The van der Waals surface area contributed by atoms with Crippen molar-refractivity contribution in [3.8, 4) is 0 Å². The Labute approximate surface area is 125 Å². The molecule has 0 saturated heterocycles. The largest absolute Gasteiger partial charge is 0.356 e. The van der Waals surface area contributed by atoms with Gasteiger partial charge >= 0.3 is 0 Å². The van der Waals surface area contributed by atoms with Crippen LogP contribution < -0.4 is 10.6 Å². The molecule has 5 heteroatoms. The van der Waals surface area contributed by atoms with Crippen molar-refractivity contribution in [2.45, 2.75) is 32.7 Å². The van der Waals surface area contributed by atoms with E-state index in [4.69, 9.17) is 0 Å². The lowest BCUT2D eigenvalue weighted by molar-refractivity contribution is 0.481. The molecule has 0 amide bonds. The molecule has 2 N–H and O–H groups in total. The van der Waals surface area contributed by atoms with E-state index in [0.717, 1.165) is 25.3 Å². The fourth-order valence-electron chi connectivity index (χ4n) is 2.87. The summed E-state index contributed by atoms with van der Waals surface area (Å²) in [7, 11) is 1.84. The summed E-state index contributed by atoms with van der Waals surface area (Å²) in [5, 5.41) is 10.8. The number of aromatic nitrogens is 3. The quantitative estimate of drug-likeness (QED) is 0.907. The molecule has 1 aliphatic rings. The zero-order valence-electron chi connectivity index (χ0n) is 12.9. The Bertz CT molecular complexity index is 600. The predicted molar refractivity (Wildman–Crippen MR) is 85.8 cm³/mol. The Kier molecular flexibility index (Phi) is 3.82. The molecule has 3 rings (SSSR count). The van der Waals surface area contributed by atoms with Gasteiger partial charge in [-0.15, -0.1) is 5.10 Å². The van der Waals surface area contributed by atoms with Gasteiger partial charge in [0.05, 0.1) is 6.04 Å². The van der Waals surface area contributed by atoms with Crippen molar-refractivity contribution in [3.05, 3.63) is 35.4 Å². The highest BCUT2D eigenvalue weighted by atomic mass is 15.5. The van der Waals surface area contributed by atoms with Gasteiger partial charge in [0, 0.05) is 13.6 Å². The second-order valence-electron chi connectivity index (χ2n) is 6.02. The number of rotatable bonds is 4. The number of benzene rings is 1. The van der Waals surface area contributed by atoms with E-state index in [1.165, 1.54) is 11.1 Å². The van der Waals surface area contributed by atoms with Crippen LogP contribution >= 0.6 is 0 Å².